The van der Waals surface area contributed by atoms with Crippen LogP contribution in [0.2, 0.25) is 0 Å². The zero-order valence-corrected chi connectivity index (χ0v) is 20.3. The fraction of sp³-hybridized carbons (Fsp3) is 0.435. The van der Waals surface area contributed by atoms with Gasteiger partial charge in [-0.15, -0.1) is 0 Å². The van der Waals surface area contributed by atoms with Crippen LogP contribution in [0.25, 0.3) is 0 Å². The average Bonchev–Trinajstić information content (AvgIpc) is 2.81. The molecule has 2 aromatic carbocycles. The predicted molar refractivity (Wildman–Crippen MR) is 127 cm³/mol. The average molecular weight is 492 g/mol. The number of sulfonamides is 1. The Bertz CT molecular complexity index is 1160. The molecular formula is C23H29N3O7S. The Morgan fingerprint density at radius 1 is 1.09 bits per heavy atom. The Labute approximate surface area is 199 Å². The number of hydrogen-bond donors (Lipinski definition) is 1. The van der Waals surface area contributed by atoms with Gasteiger partial charge in [-0.25, -0.2) is 8.42 Å². The highest BCUT2D eigenvalue weighted by Crippen LogP contribution is 2.32. The van der Waals surface area contributed by atoms with Crippen molar-refractivity contribution in [3.63, 3.8) is 0 Å². The summed E-state index contributed by atoms with van der Waals surface area (Å²) in [5, 5.41) is 14.0. The molecule has 184 valence electrons. The summed E-state index contributed by atoms with van der Waals surface area (Å²) >= 11 is 0. The first-order chi connectivity index (χ1) is 16.2. The molecule has 2 aromatic rings. The molecule has 0 radical (unpaired) electrons. The highest BCUT2D eigenvalue weighted by atomic mass is 32.2. The topological polar surface area (TPSA) is 128 Å². The van der Waals surface area contributed by atoms with E-state index in [4.69, 9.17) is 9.47 Å². The number of ether oxygens (including phenoxy) is 2. The van der Waals surface area contributed by atoms with Crippen LogP contribution in [0.5, 0.6) is 11.5 Å². The van der Waals surface area contributed by atoms with Gasteiger partial charge in [0, 0.05) is 42.9 Å². The van der Waals surface area contributed by atoms with E-state index in [0.29, 0.717) is 48.8 Å². The number of nitrogens with zero attached hydrogens (tertiary/aromatic N) is 2. The van der Waals surface area contributed by atoms with Gasteiger partial charge >= 0.3 is 0 Å². The third-order valence-electron chi connectivity index (χ3n) is 5.64. The molecule has 1 saturated heterocycles. The van der Waals surface area contributed by atoms with E-state index in [-0.39, 0.29) is 35.5 Å². The lowest BCUT2D eigenvalue weighted by Crippen LogP contribution is -2.41. The quantitative estimate of drug-likeness (QED) is 0.418. The van der Waals surface area contributed by atoms with Crippen molar-refractivity contribution >= 4 is 27.3 Å². The molecule has 3 rings (SSSR count). The van der Waals surface area contributed by atoms with Gasteiger partial charge in [-0.3, -0.25) is 14.9 Å². The van der Waals surface area contributed by atoms with Gasteiger partial charge in [0.1, 0.15) is 0 Å². The molecule has 11 heteroatoms. The van der Waals surface area contributed by atoms with Gasteiger partial charge in [0.15, 0.2) is 11.5 Å². The minimum atomic E-state index is -3.91. The zero-order valence-electron chi connectivity index (χ0n) is 19.4. The number of piperidine rings is 1. The van der Waals surface area contributed by atoms with Gasteiger partial charge in [-0.1, -0.05) is 6.07 Å². The monoisotopic (exact) mass is 491 g/mol. The molecule has 0 saturated carbocycles. The molecule has 1 heterocycles. The number of nitro groups is 1. The Kier molecular flexibility index (Phi) is 8.11. The first kappa shape index (κ1) is 25.4. The van der Waals surface area contributed by atoms with Crippen LogP contribution in [-0.2, 0) is 14.8 Å². The molecule has 1 fully saturated rings. The van der Waals surface area contributed by atoms with Crippen LogP contribution in [0, 0.1) is 23.0 Å². The van der Waals surface area contributed by atoms with Crippen molar-refractivity contribution in [3.8, 4) is 11.5 Å². The molecule has 0 spiro atoms. The number of benzene rings is 2. The number of carbonyl (C=O) groups is 1. The van der Waals surface area contributed by atoms with Crippen molar-refractivity contribution in [1.82, 2.24) is 4.31 Å². The van der Waals surface area contributed by atoms with Crippen LogP contribution in [-0.4, -0.2) is 49.9 Å². The molecule has 1 amide bonds. The second kappa shape index (κ2) is 10.8. The van der Waals surface area contributed by atoms with Gasteiger partial charge in [-0.05, 0) is 51.3 Å². The standard InChI is InChI=1S/C23H29N3O7S/c1-4-32-20-9-7-18(14-21(20)33-5-2)24-23(27)17-10-12-25(13-11-17)34(30,31)22-15-19(26(28)29)8-6-16(22)3/h6-9,14-15,17H,4-5,10-13H2,1-3H3,(H,24,27). The maximum absolute atomic E-state index is 13.1. The molecule has 10 nitrogen and oxygen atoms in total. The molecule has 1 aliphatic heterocycles. The molecule has 0 unspecified atom stereocenters. The Morgan fingerprint density at radius 2 is 1.74 bits per heavy atom. The summed E-state index contributed by atoms with van der Waals surface area (Å²) in [5.74, 6) is 0.572. The summed E-state index contributed by atoms with van der Waals surface area (Å²) < 4.78 is 38.6. The predicted octanol–water partition coefficient (Wildman–Crippen LogP) is 3.74. The molecule has 34 heavy (non-hydrogen) atoms. The largest absolute Gasteiger partial charge is 0.490 e. The van der Waals surface area contributed by atoms with Crippen molar-refractivity contribution < 1.29 is 27.6 Å². The number of aryl methyl sites for hydroxylation is 1. The molecule has 0 aromatic heterocycles. The first-order valence-corrected chi connectivity index (χ1v) is 12.6. The Hall–Kier alpha value is -3.18. The summed E-state index contributed by atoms with van der Waals surface area (Å²) in [6, 6.07) is 8.97. The number of hydrogen-bond acceptors (Lipinski definition) is 7. The lowest BCUT2D eigenvalue weighted by atomic mass is 9.97. The number of non-ortho nitro benzene ring substituents is 1. The fourth-order valence-electron chi connectivity index (χ4n) is 3.85. The molecular weight excluding hydrogens is 462 g/mol. The lowest BCUT2D eigenvalue weighted by molar-refractivity contribution is -0.385. The second-order valence-corrected chi connectivity index (χ2v) is 9.81. The lowest BCUT2D eigenvalue weighted by Gasteiger charge is -2.31. The second-order valence-electron chi connectivity index (χ2n) is 7.90. The SMILES string of the molecule is CCOc1ccc(NC(=O)C2CCN(S(=O)(=O)c3cc([N+](=O)[O-])ccc3C)CC2)cc1OCC. The number of anilines is 1. The van der Waals surface area contributed by atoms with E-state index < -0.39 is 14.9 Å². The maximum Gasteiger partial charge on any atom is 0.270 e. The van der Waals surface area contributed by atoms with E-state index in [1.165, 1.54) is 16.4 Å². The maximum atomic E-state index is 13.1. The van der Waals surface area contributed by atoms with Crippen LogP contribution >= 0.6 is 0 Å². The summed E-state index contributed by atoms with van der Waals surface area (Å²) in [4.78, 5) is 23.2. The highest BCUT2D eigenvalue weighted by Gasteiger charge is 2.33. The first-order valence-electron chi connectivity index (χ1n) is 11.1. The van der Waals surface area contributed by atoms with E-state index in [9.17, 15) is 23.3 Å². The van der Waals surface area contributed by atoms with Gasteiger partial charge in [0.2, 0.25) is 15.9 Å². The van der Waals surface area contributed by atoms with E-state index in [2.05, 4.69) is 5.32 Å². The summed E-state index contributed by atoms with van der Waals surface area (Å²) in [6.45, 7) is 6.57. The summed E-state index contributed by atoms with van der Waals surface area (Å²) in [6.07, 6.45) is 0.683. The van der Waals surface area contributed by atoms with Gasteiger partial charge < -0.3 is 14.8 Å². The van der Waals surface area contributed by atoms with Crippen LogP contribution in [0.4, 0.5) is 11.4 Å². The van der Waals surface area contributed by atoms with E-state index in [1.54, 1.807) is 25.1 Å². The van der Waals surface area contributed by atoms with E-state index >= 15 is 0 Å². The highest BCUT2D eigenvalue weighted by molar-refractivity contribution is 7.89. The fourth-order valence-corrected chi connectivity index (χ4v) is 5.57. The van der Waals surface area contributed by atoms with E-state index in [1.807, 2.05) is 13.8 Å². The normalized spacial score (nSPS) is 15.0. The Morgan fingerprint density at radius 3 is 2.35 bits per heavy atom. The van der Waals surface area contributed by atoms with Gasteiger partial charge in [0.25, 0.3) is 5.69 Å². The molecule has 0 bridgehead atoms. The third kappa shape index (κ3) is 5.65. The van der Waals surface area contributed by atoms with Crippen LogP contribution < -0.4 is 14.8 Å². The van der Waals surface area contributed by atoms with Crippen LogP contribution in [0.1, 0.15) is 32.3 Å². The van der Waals surface area contributed by atoms with Crippen LogP contribution in [0.15, 0.2) is 41.3 Å². The minimum Gasteiger partial charge on any atom is -0.490 e. The third-order valence-corrected chi connectivity index (χ3v) is 7.68. The van der Waals surface area contributed by atoms with Crippen molar-refractivity contribution in [3.05, 3.63) is 52.1 Å². The smallest absolute Gasteiger partial charge is 0.270 e. The summed E-state index contributed by atoms with van der Waals surface area (Å²) in [5.41, 5.74) is 0.727. The summed E-state index contributed by atoms with van der Waals surface area (Å²) in [7, 11) is -3.91. The number of rotatable bonds is 9. The number of carbonyl (C=O) groups excluding carboxylic acids is 1. The van der Waals surface area contributed by atoms with Crippen molar-refractivity contribution in [1.29, 1.82) is 0 Å². The molecule has 0 atom stereocenters. The number of nitrogens with one attached hydrogen (secondary N) is 1. The van der Waals surface area contributed by atoms with Gasteiger partial charge in [0.05, 0.1) is 23.0 Å². The Balaban J connectivity index is 1.67. The minimum absolute atomic E-state index is 0.0811. The van der Waals surface area contributed by atoms with Gasteiger partial charge in [-0.2, -0.15) is 4.31 Å². The van der Waals surface area contributed by atoms with Crippen molar-refractivity contribution in [2.24, 2.45) is 5.92 Å². The van der Waals surface area contributed by atoms with Crippen LogP contribution in [0.3, 0.4) is 0 Å². The van der Waals surface area contributed by atoms with E-state index in [0.717, 1.165) is 6.07 Å². The molecule has 1 N–H and O–H groups in total. The van der Waals surface area contributed by atoms with Crippen molar-refractivity contribution in [2.45, 2.75) is 38.5 Å². The molecule has 0 aliphatic carbocycles. The molecule has 1 aliphatic rings. The number of nitro benzene ring substituents is 1. The number of amides is 1. The zero-order chi connectivity index (χ0) is 24.9. The van der Waals surface area contributed by atoms with Crippen molar-refractivity contribution in [2.75, 3.05) is 31.6 Å².